The van der Waals surface area contributed by atoms with Gasteiger partial charge in [-0.25, -0.2) is 4.79 Å². The van der Waals surface area contributed by atoms with E-state index in [1.165, 1.54) is 7.11 Å². The first-order chi connectivity index (χ1) is 12.6. The molecular formula is C21H18O5. The first-order valence-corrected chi connectivity index (χ1v) is 8.16. The average molecular weight is 350 g/mol. The van der Waals surface area contributed by atoms with Crippen LogP contribution in [0.15, 0.2) is 54.6 Å². The predicted octanol–water partition coefficient (Wildman–Crippen LogP) is 3.07. The molecule has 3 aromatic rings. The number of Topliss-reactive ketones (excluding diaryl/α,β-unsaturated/α-hetero) is 1. The Labute approximate surface area is 150 Å². The Kier molecular flexibility index (Phi) is 4.98. The van der Waals surface area contributed by atoms with Gasteiger partial charge in [0, 0.05) is 0 Å². The van der Waals surface area contributed by atoms with E-state index in [0.29, 0.717) is 0 Å². The molecule has 0 aromatic heterocycles. The number of fused-ring (bicyclic) bond motifs is 2. The second-order valence-electron chi connectivity index (χ2n) is 5.93. The lowest BCUT2D eigenvalue weighted by molar-refractivity contribution is -0.159. The van der Waals surface area contributed by atoms with Gasteiger partial charge < -0.3 is 9.47 Å². The number of hydrogen-bond donors (Lipinski definition) is 0. The molecule has 0 fully saturated rings. The fraction of sp³-hybridized carbons (Fsp3) is 0.190. The van der Waals surface area contributed by atoms with E-state index < -0.39 is 23.6 Å². The van der Waals surface area contributed by atoms with Gasteiger partial charge in [-0.05, 0) is 39.6 Å². The molecule has 0 N–H and O–H groups in total. The Morgan fingerprint density at radius 2 is 1.38 bits per heavy atom. The monoisotopic (exact) mass is 350 g/mol. The van der Waals surface area contributed by atoms with Gasteiger partial charge in [-0.3, -0.25) is 9.59 Å². The third kappa shape index (κ3) is 3.16. The SMILES string of the molecule is COC(=O)C(=O)C(Cc1c2ccccc2cc2ccccc12)C(=O)OC. The minimum Gasteiger partial charge on any atom is -0.468 e. The van der Waals surface area contributed by atoms with Crippen LogP contribution < -0.4 is 0 Å². The highest BCUT2D eigenvalue weighted by molar-refractivity contribution is 6.38. The molecular weight excluding hydrogens is 332 g/mol. The van der Waals surface area contributed by atoms with Gasteiger partial charge in [0.25, 0.3) is 5.78 Å². The van der Waals surface area contributed by atoms with Crippen LogP contribution in [0, 0.1) is 5.92 Å². The summed E-state index contributed by atoms with van der Waals surface area (Å²) in [6.45, 7) is 0. The van der Waals surface area contributed by atoms with Gasteiger partial charge in [-0.2, -0.15) is 0 Å². The van der Waals surface area contributed by atoms with Crippen molar-refractivity contribution in [2.24, 2.45) is 5.92 Å². The summed E-state index contributed by atoms with van der Waals surface area (Å²) in [7, 11) is 2.31. The standard InChI is InChI=1S/C21H18O5/c1-25-20(23)18(19(22)21(24)26-2)12-17-15-9-5-3-7-13(15)11-14-8-4-6-10-16(14)17/h3-11,18H,12H2,1-2H3. The maximum Gasteiger partial charge on any atom is 0.375 e. The molecule has 0 aliphatic rings. The van der Waals surface area contributed by atoms with E-state index in [0.717, 1.165) is 34.2 Å². The molecule has 0 heterocycles. The van der Waals surface area contributed by atoms with Gasteiger partial charge in [-0.1, -0.05) is 48.5 Å². The topological polar surface area (TPSA) is 69.7 Å². The number of methoxy groups -OCH3 is 2. The average Bonchev–Trinajstić information content (AvgIpc) is 2.69. The predicted molar refractivity (Wildman–Crippen MR) is 97.7 cm³/mol. The van der Waals surface area contributed by atoms with E-state index in [-0.39, 0.29) is 6.42 Å². The third-order valence-electron chi connectivity index (χ3n) is 4.48. The number of rotatable bonds is 5. The van der Waals surface area contributed by atoms with Crippen molar-refractivity contribution in [3.63, 3.8) is 0 Å². The van der Waals surface area contributed by atoms with Crippen molar-refractivity contribution in [2.75, 3.05) is 14.2 Å². The zero-order valence-corrected chi connectivity index (χ0v) is 14.5. The summed E-state index contributed by atoms with van der Waals surface area (Å²) < 4.78 is 9.26. The molecule has 0 aliphatic heterocycles. The molecule has 1 unspecified atom stereocenters. The molecule has 0 saturated heterocycles. The molecule has 0 saturated carbocycles. The van der Waals surface area contributed by atoms with Crippen LogP contribution in [0.25, 0.3) is 21.5 Å². The molecule has 26 heavy (non-hydrogen) atoms. The molecule has 5 heteroatoms. The fourth-order valence-corrected chi connectivity index (χ4v) is 3.20. The van der Waals surface area contributed by atoms with E-state index in [1.807, 2.05) is 48.5 Å². The lowest BCUT2D eigenvalue weighted by Crippen LogP contribution is -2.33. The first kappa shape index (κ1) is 17.6. The lowest BCUT2D eigenvalue weighted by Gasteiger charge is -2.16. The Hall–Kier alpha value is -3.21. The van der Waals surface area contributed by atoms with Gasteiger partial charge in [0.15, 0.2) is 0 Å². The quantitative estimate of drug-likeness (QED) is 0.306. The number of esters is 2. The van der Waals surface area contributed by atoms with Crippen LogP contribution in [0.4, 0.5) is 0 Å². The van der Waals surface area contributed by atoms with Crippen molar-refractivity contribution in [1.29, 1.82) is 0 Å². The molecule has 0 bridgehead atoms. The first-order valence-electron chi connectivity index (χ1n) is 8.16. The summed E-state index contributed by atoms with van der Waals surface area (Å²) in [4.78, 5) is 36.3. The van der Waals surface area contributed by atoms with Crippen LogP contribution >= 0.6 is 0 Å². The van der Waals surface area contributed by atoms with Crippen molar-refractivity contribution in [3.8, 4) is 0 Å². The van der Waals surface area contributed by atoms with Gasteiger partial charge in [-0.15, -0.1) is 0 Å². The van der Waals surface area contributed by atoms with E-state index in [1.54, 1.807) is 0 Å². The summed E-state index contributed by atoms with van der Waals surface area (Å²) in [5.74, 6) is -3.96. The van der Waals surface area contributed by atoms with Crippen LogP contribution in [-0.2, 0) is 30.3 Å². The number of ketones is 1. The number of carbonyl (C=O) groups is 3. The van der Waals surface area contributed by atoms with E-state index >= 15 is 0 Å². The Balaban J connectivity index is 2.19. The molecule has 1 atom stereocenters. The normalized spacial score (nSPS) is 11.9. The highest BCUT2D eigenvalue weighted by Crippen LogP contribution is 2.30. The van der Waals surface area contributed by atoms with Gasteiger partial charge in [0.2, 0.25) is 0 Å². The lowest BCUT2D eigenvalue weighted by atomic mass is 9.88. The molecule has 0 aliphatic carbocycles. The summed E-state index contributed by atoms with van der Waals surface area (Å²) >= 11 is 0. The van der Waals surface area contributed by atoms with E-state index in [4.69, 9.17) is 4.74 Å². The number of benzene rings is 3. The van der Waals surface area contributed by atoms with E-state index in [9.17, 15) is 14.4 Å². The number of carbonyl (C=O) groups excluding carboxylic acids is 3. The van der Waals surface area contributed by atoms with Crippen LogP contribution in [0.5, 0.6) is 0 Å². The Morgan fingerprint density at radius 1 is 0.846 bits per heavy atom. The van der Waals surface area contributed by atoms with Crippen molar-refractivity contribution in [1.82, 2.24) is 0 Å². The molecule has 0 amide bonds. The Bertz CT molecular complexity index is 952. The summed E-state index contributed by atoms with van der Waals surface area (Å²) in [5.41, 5.74) is 0.825. The van der Waals surface area contributed by atoms with Crippen LogP contribution in [-0.4, -0.2) is 31.9 Å². The van der Waals surface area contributed by atoms with Crippen molar-refractivity contribution >= 4 is 39.3 Å². The highest BCUT2D eigenvalue weighted by Gasteiger charge is 2.34. The molecule has 132 valence electrons. The van der Waals surface area contributed by atoms with Gasteiger partial charge >= 0.3 is 11.9 Å². The second-order valence-corrected chi connectivity index (χ2v) is 5.93. The maximum absolute atomic E-state index is 12.4. The highest BCUT2D eigenvalue weighted by atomic mass is 16.5. The number of hydrogen-bond acceptors (Lipinski definition) is 5. The minimum atomic E-state index is -1.25. The van der Waals surface area contributed by atoms with Crippen molar-refractivity contribution < 1.29 is 23.9 Å². The third-order valence-corrected chi connectivity index (χ3v) is 4.48. The zero-order chi connectivity index (χ0) is 18.7. The summed E-state index contributed by atoms with van der Waals surface area (Å²) in [6.07, 6.45) is 0.0580. The fourth-order valence-electron chi connectivity index (χ4n) is 3.20. The molecule has 0 spiro atoms. The molecule has 5 nitrogen and oxygen atoms in total. The largest absolute Gasteiger partial charge is 0.468 e. The van der Waals surface area contributed by atoms with Gasteiger partial charge in [0.05, 0.1) is 14.2 Å². The van der Waals surface area contributed by atoms with Gasteiger partial charge in [0.1, 0.15) is 5.92 Å². The summed E-state index contributed by atoms with van der Waals surface area (Å²) in [6, 6.07) is 17.5. The van der Waals surface area contributed by atoms with E-state index in [2.05, 4.69) is 10.8 Å². The Morgan fingerprint density at radius 3 is 1.88 bits per heavy atom. The molecule has 0 radical (unpaired) electrons. The molecule has 3 rings (SSSR count). The van der Waals surface area contributed by atoms with Crippen molar-refractivity contribution in [2.45, 2.75) is 6.42 Å². The van der Waals surface area contributed by atoms with Crippen LogP contribution in [0.2, 0.25) is 0 Å². The minimum absolute atomic E-state index is 0.0580. The smallest absolute Gasteiger partial charge is 0.375 e. The number of ether oxygens (including phenoxy) is 2. The zero-order valence-electron chi connectivity index (χ0n) is 14.5. The van der Waals surface area contributed by atoms with Crippen molar-refractivity contribution in [3.05, 3.63) is 60.2 Å². The maximum atomic E-state index is 12.4. The summed E-state index contributed by atoms with van der Waals surface area (Å²) in [5, 5.41) is 3.85. The van der Waals surface area contributed by atoms with Crippen LogP contribution in [0.3, 0.4) is 0 Å². The van der Waals surface area contributed by atoms with Crippen LogP contribution in [0.1, 0.15) is 5.56 Å². The second kappa shape index (κ2) is 7.35. The molecule has 3 aromatic carbocycles.